The van der Waals surface area contributed by atoms with Gasteiger partial charge in [0.1, 0.15) is 11.5 Å². The van der Waals surface area contributed by atoms with Crippen molar-refractivity contribution in [1.82, 2.24) is 5.32 Å². The average Bonchev–Trinajstić information content (AvgIpc) is 2.66. The maximum Gasteiger partial charge on any atom is 0.251 e. The van der Waals surface area contributed by atoms with E-state index in [-0.39, 0.29) is 18.2 Å². The van der Waals surface area contributed by atoms with Gasteiger partial charge in [0, 0.05) is 24.2 Å². The van der Waals surface area contributed by atoms with Gasteiger partial charge in [-0.2, -0.15) is 0 Å². The predicted molar refractivity (Wildman–Crippen MR) is 101 cm³/mol. The molecule has 2 rings (SSSR count). The Morgan fingerprint density at radius 3 is 2.54 bits per heavy atom. The number of benzene rings is 2. The summed E-state index contributed by atoms with van der Waals surface area (Å²) in [6, 6.07) is 12.4. The molecule has 0 saturated carbocycles. The molecule has 2 aromatic carbocycles. The first kappa shape index (κ1) is 19.3. The number of methoxy groups -OCH3 is 2. The van der Waals surface area contributed by atoms with Crippen LogP contribution in [0.25, 0.3) is 0 Å². The molecule has 0 unspecified atom stereocenters. The summed E-state index contributed by atoms with van der Waals surface area (Å²) in [4.78, 5) is 24.1. The van der Waals surface area contributed by atoms with Gasteiger partial charge in [0.05, 0.1) is 14.2 Å². The van der Waals surface area contributed by atoms with Gasteiger partial charge in [-0.25, -0.2) is 0 Å². The molecule has 2 amide bonds. The van der Waals surface area contributed by atoms with Gasteiger partial charge in [-0.1, -0.05) is 6.07 Å². The van der Waals surface area contributed by atoms with Gasteiger partial charge >= 0.3 is 0 Å². The van der Waals surface area contributed by atoms with Crippen molar-refractivity contribution in [1.29, 1.82) is 0 Å². The topological polar surface area (TPSA) is 76.7 Å². The Hall–Kier alpha value is -3.02. The van der Waals surface area contributed by atoms with Crippen molar-refractivity contribution in [3.8, 4) is 11.5 Å². The average molecular weight is 356 g/mol. The third-order valence-electron chi connectivity index (χ3n) is 3.85. The lowest BCUT2D eigenvalue weighted by Gasteiger charge is -2.11. The zero-order chi connectivity index (χ0) is 18.9. The standard InChI is InChI=1S/C20H24N2O4/c1-4-21-20(24)15-6-5-7-16(12-15)22-19(23)11-8-14-13-17(25-2)9-10-18(14)26-3/h5-7,9-10,12-13H,4,8,11H2,1-3H3,(H,21,24)(H,22,23). The molecule has 0 aromatic heterocycles. The van der Waals surface area contributed by atoms with Gasteiger partial charge in [0.25, 0.3) is 5.91 Å². The zero-order valence-corrected chi connectivity index (χ0v) is 15.3. The summed E-state index contributed by atoms with van der Waals surface area (Å²) in [5, 5.41) is 5.56. The largest absolute Gasteiger partial charge is 0.497 e. The lowest BCUT2D eigenvalue weighted by molar-refractivity contribution is -0.116. The molecule has 6 nitrogen and oxygen atoms in total. The number of carbonyl (C=O) groups is 2. The predicted octanol–water partition coefficient (Wildman–Crippen LogP) is 3.02. The fourth-order valence-electron chi connectivity index (χ4n) is 2.55. The number of aryl methyl sites for hydroxylation is 1. The number of nitrogens with one attached hydrogen (secondary N) is 2. The summed E-state index contributed by atoms with van der Waals surface area (Å²) in [6.45, 7) is 2.41. The maximum absolute atomic E-state index is 12.3. The fraction of sp³-hybridized carbons (Fsp3) is 0.300. The van der Waals surface area contributed by atoms with Crippen molar-refractivity contribution in [3.63, 3.8) is 0 Å². The minimum absolute atomic E-state index is 0.136. The van der Waals surface area contributed by atoms with Crippen LogP contribution in [-0.4, -0.2) is 32.6 Å². The number of rotatable bonds is 8. The molecule has 2 aromatic rings. The molecule has 138 valence electrons. The van der Waals surface area contributed by atoms with Gasteiger partial charge in [0.15, 0.2) is 0 Å². The van der Waals surface area contributed by atoms with Crippen LogP contribution in [-0.2, 0) is 11.2 Å². The SMILES string of the molecule is CCNC(=O)c1cccc(NC(=O)CCc2cc(OC)ccc2OC)c1. The Morgan fingerprint density at radius 2 is 1.85 bits per heavy atom. The molecular formula is C20H24N2O4. The van der Waals surface area contributed by atoms with Crippen LogP contribution in [0.2, 0.25) is 0 Å². The van der Waals surface area contributed by atoms with Crippen LogP contribution in [0.15, 0.2) is 42.5 Å². The first-order chi connectivity index (χ1) is 12.6. The normalized spacial score (nSPS) is 10.1. The highest BCUT2D eigenvalue weighted by molar-refractivity contribution is 5.97. The van der Waals surface area contributed by atoms with Crippen LogP contribution in [0.4, 0.5) is 5.69 Å². The molecule has 0 bridgehead atoms. The smallest absolute Gasteiger partial charge is 0.251 e. The van der Waals surface area contributed by atoms with Crippen molar-refractivity contribution in [2.45, 2.75) is 19.8 Å². The first-order valence-corrected chi connectivity index (χ1v) is 8.46. The van der Waals surface area contributed by atoms with E-state index in [1.54, 1.807) is 38.5 Å². The molecule has 0 aliphatic carbocycles. The Bertz CT molecular complexity index is 774. The van der Waals surface area contributed by atoms with E-state index in [2.05, 4.69) is 10.6 Å². The zero-order valence-electron chi connectivity index (χ0n) is 15.3. The summed E-state index contributed by atoms with van der Waals surface area (Å²) in [6.07, 6.45) is 0.803. The maximum atomic E-state index is 12.3. The Morgan fingerprint density at radius 1 is 1.04 bits per heavy atom. The number of amides is 2. The minimum Gasteiger partial charge on any atom is -0.497 e. The van der Waals surface area contributed by atoms with Gasteiger partial charge < -0.3 is 20.1 Å². The molecule has 0 radical (unpaired) electrons. The van der Waals surface area contributed by atoms with Gasteiger partial charge in [-0.15, -0.1) is 0 Å². The van der Waals surface area contributed by atoms with Gasteiger partial charge in [-0.05, 0) is 55.3 Å². The molecule has 0 atom stereocenters. The number of carbonyl (C=O) groups excluding carboxylic acids is 2. The Balaban J connectivity index is 1.99. The van der Waals surface area contributed by atoms with Crippen molar-refractivity contribution in [2.24, 2.45) is 0 Å². The van der Waals surface area contributed by atoms with Crippen molar-refractivity contribution in [3.05, 3.63) is 53.6 Å². The van der Waals surface area contributed by atoms with Crippen LogP contribution in [0.5, 0.6) is 11.5 Å². The first-order valence-electron chi connectivity index (χ1n) is 8.46. The molecule has 2 N–H and O–H groups in total. The lowest BCUT2D eigenvalue weighted by atomic mass is 10.1. The van der Waals surface area contributed by atoms with E-state index < -0.39 is 0 Å². The van der Waals surface area contributed by atoms with E-state index in [9.17, 15) is 9.59 Å². The Kier molecular flexibility index (Phi) is 7.02. The molecular weight excluding hydrogens is 332 g/mol. The second-order valence-corrected chi connectivity index (χ2v) is 5.67. The monoisotopic (exact) mass is 356 g/mol. The lowest BCUT2D eigenvalue weighted by Crippen LogP contribution is -2.22. The molecule has 0 spiro atoms. The van der Waals surface area contributed by atoms with Gasteiger partial charge in [-0.3, -0.25) is 9.59 Å². The van der Waals surface area contributed by atoms with E-state index in [1.807, 2.05) is 25.1 Å². The van der Waals surface area contributed by atoms with Crippen molar-refractivity contribution in [2.75, 3.05) is 26.1 Å². The number of ether oxygens (including phenoxy) is 2. The van der Waals surface area contributed by atoms with Crippen LogP contribution in [0.3, 0.4) is 0 Å². The van der Waals surface area contributed by atoms with E-state index in [1.165, 1.54) is 0 Å². The van der Waals surface area contributed by atoms with E-state index in [0.717, 1.165) is 17.1 Å². The molecule has 0 aliphatic heterocycles. The summed E-state index contributed by atoms with van der Waals surface area (Å²) in [5.41, 5.74) is 2.01. The summed E-state index contributed by atoms with van der Waals surface area (Å²) in [5.74, 6) is 1.14. The summed E-state index contributed by atoms with van der Waals surface area (Å²) < 4.78 is 10.5. The fourth-order valence-corrected chi connectivity index (χ4v) is 2.55. The number of hydrogen-bond donors (Lipinski definition) is 2. The molecule has 6 heteroatoms. The molecule has 0 fully saturated rings. The third kappa shape index (κ3) is 5.24. The van der Waals surface area contributed by atoms with E-state index in [4.69, 9.17) is 9.47 Å². The molecule has 0 aliphatic rings. The molecule has 0 heterocycles. The van der Waals surface area contributed by atoms with Crippen LogP contribution in [0, 0.1) is 0 Å². The quantitative estimate of drug-likeness (QED) is 0.762. The second kappa shape index (κ2) is 9.46. The minimum atomic E-state index is -0.162. The number of hydrogen-bond acceptors (Lipinski definition) is 4. The van der Waals surface area contributed by atoms with E-state index in [0.29, 0.717) is 24.2 Å². The van der Waals surface area contributed by atoms with Crippen LogP contribution < -0.4 is 20.1 Å². The highest BCUT2D eigenvalue weighted by Crippen LogP contribution is 2.25. The summed E-state index contributed by atoms with van der Waals surface area (Å²) in [7, 11) is 3.19. The third-order valence-corrected chi connectivity index (χ3v) is 3.85. The summed E-state index contributed by atoms with van der Waals surface area (Å²) >= 11 is 0. The second-order valence-electron chi connectivity index (χ2n) is 5.67. The molecule has 26 heavy (non-hydrogen) atoms. The van der Waals surface area contributed by atoms with Crippen molar-refractivity contribution < 1.29 is 19.1 Å². The highest BCUT2D eigenvalue weighted by Gasteiger charge is 2.10. The highest BCUT2D eigenvalue weighted by atomic mass is 16.5. The molecule has 0 saturated heterocycles. The van der Waals surface area contributed by atoms with Crippen molar-refractivity contribution >= 4 is 17.5 Å². The van der Waals surface area contributed by atoms with Crippen LogP contribution in [0.1, 0.15) is 29.3 Å². The van der Waals surface area contributed by atoms with Gasteiger partial charge in [0.2, 0.25) is 5.91 Å². The van der Waals surface area contributed by atoms with E-state index >= 15 is 0 Å². The van der Waals surface area contributed by atoms with Crippen LogP contribution >= 0.6 is 0 Å². The number of anilines is 1. The Labute approximate surface area is 153 Å².